The van der Waals surface area contributed by atoms with Gasteiger partial charge < -0.3 is 14.8 Å². The number of hydrogen-bond acceptors (Lipinski definition) is 4. The van der Waals surface area contributed by atoms with Gasteiger partial charge in [0, 0.05) is 30.8 Å². The van der Waals surface area contributed by atoms with Crippen molar-refractivity contribution >= 4 is 0 Å². The van der Waals surface area contributed by atoms with Gasteiger partial charge in [-0.25, -0.2) is 13.2 Å². The number of nitrogens with one attached hydrogen (secondary N) is 1. The highest BCUT2D eigenvalue weighted by Gasteiger charge is 2.37. The molecule has 6 rings (SSSR count). The van der Waals surface area contributed by atoms with Crippen molar-refractivity contribution in [3.63, 3.8) is 0 Å². The summed E-state index contributed by atoms with van der Waals surface area (Å²) in [6.45, 7) is 6.12. The lowest BCUT2D eigenvalue weighted by Crippen LogP contribution is -2.43. The van der Waals surface area contributed by atoms with Gasteiger partial charge in [0.25, 0.3) is 0 Å². The van der Waals surface area contributed by atoms with Crippen LogP contribution >= 0.6 is 0 Å². The average Bonchev–Trinajstić information content (AvgIpc) is 3.36. The minimum Gasteiger partial charge on any atom is -0.490 e. The number of benzene rings is 3. The van der Waals surface area contributed by atoms with Gasteiger partial charge >= 0.3 is 0 Å². The van der Waals surface area contributed by atoms with Crippen molar-refractivity contribution in [2.24, 2.45) is 5.41 Å². The van der Waals surface area contributed by atoms with E-state index < -0.39 is 23.3 Å². The van der Waals surface area contributed by atoms with Gasteiger partial charge in [-0.2, -0.15) is 0 Å². The molecule has 3 atom stereocenters. The molecule has 3 aliphatic rings. The molecule has 45 heavy (non-hydrogen) atoms. The van der Waals surface area contributed by atoms with Crippen molar-refractivity contribution in [2.75, 3.05) is 26.2 Å². The molecule has 0 bridgehead atoms. The second-order valence-corrected chi connectivity index (χ2v) is 14.1. The maximum Gasteiger partial charge on any atom is 0.134 e. The van der Waals surface area contributed by atoms with Gasteiger partial charge in [-0.15, -0.1) is 0 Å². The molecule has 2 fully saturated rings. The minimum atomic E-state index is -1.53. The third-order valence-corrected chi connectivity index (χ3v) is 10.0. The molecule has 2 heterocycles. The Morgan fingerprint density at radius 1 is 0.889 bits per heavy atom. The number of ether oxygens (including phenoxy) is 2. The monoisotopic (exact) mass is 620 g/mol. The molecule has 3 unspecified atom stereocenters. The molecule has 4 nitrogen and oxygen atoms in total. The van der Waals surface area contributed by atoms with Gasteiger partial charge in [0.15, 0.2) is 0 Å². The normalized spacial score (nSPS) is 24.5. The van der Waals surface area contributed by atoms with E-state index in [1.165, 1.54) is 51.7 Å². The maximum atomic E-state index is 16.1. The molecule has 0 aromatic heterocycles. The Labute approximate surface area is 266 Å². The van der Waals surface area contributed by atoms with E-state index in [4.69, 9.17) is 9.47 Å². The fourth-order valence-corrected chi connectivity index (χ4v) is 7.81. The summed E-state index contributed by atoms with van der Waals surface area (Å²) in [4.78, 5) is 1.86. The second-order valence-electron chi connectivity index (χ2n) is 14.1. The smallest absolute Gasteiger partial charge is 0.134 e. The van der Waals surface area contributed by atoms with E-state index >= 15 is 13.2 Å². The van der Waals surface area contributed by atoms with Crippen molar-refractivity contribution in [1.29, 1.82) is 0 Å². The molecule has 1 saturated carbocycles. The zero-order valence-electron chi connectivity index (χ0n) is 26.7. The van der Waals surface area contributed by atoms with Crippen LogP contribution in [-0.2, 0) is 13.0 Å². The van der Waals surface area contributed by atoms with Gasteiger partial charge in [0.05, 0.1) is 12.1 Å². The van der Waals surface area contributed by atoms with Crippen LogP contribution in [0.2, 0.25) is 0 Å². The summed E-state index contributed by atoms with van der Waals surface area (Å²) in [7, 11) is 0. The van der Waals surface area contributed by atoms with Crippen LogP contribution in [0.3, 0.4) is 0 Å². The molecule has 3 aromatic carbocycles. The van der Waals surface area contributed by atoms with Crippen LogP contribution < -0.4 is 14.8 Å². The first kappa shape index (κ1) is 31.9. The number of alkyl halides is 1. The van der Waals surface area contributed by atoms with E-state index in [0.29, 0.717) is 30.7 Å². The summed E-state index contributed by atoms with van der Waals surface area (Å²) < 4.78 is 59.5. The fourth-order valence-electron chi connectivity index (χ4n) is 7.81. The molecule has 2 aliphatic heterocycles. The van der Waals surface area contributed by atoms with Crippen molar-refractivity contribution in [1.82, 2.24) is 10.2 Å². The SMILES string of the molecule is CC(C)(F)CN1CCc2cc(OCc3ccccc3)ccc2C1c1c(F)cc(OC2CCCC3(CCCNCC3)CC2)cc1F. The zero-order chi connectivity index (χ0) is 31.4. The molecule has 3 aromatic rings. The van der Waals surface area contributed by atoms with Gasteiger partial charge in [-0.05, 0) is 119 Å². The van der Waals surface area contributed by atoms with Gasteiger partial charge in [-0.1, -0.05) is 36.4 Å². The van der Waals surface area contributed by atoms with E-state index in [2.05, 4.69) is 5.32 Å². The predicted octanol–water partition coefficient (Wildman–Crippen LogP) is 8.71. The lowest BCUT2D eigenvalue weighted by molar-refractivity contribution is 0.0970. The molecule has 0 amide bonds. The highest BCUT2D eigenvalue weighted by molar-refractivity contribution is 5.46. The van der Waals surface area contributed by atoms with E-state index in [0.717, 1.165) is 55.5 Å². The molecule has 1 N–H and O–H groups in total. The van der Waals surface area contributed by atoms with Crippen molar-refractivity contribution in [3.05, 3.63) is 94.6 Å². The lowest BCUT2D eigenvalue weighted by atomic mass is 9.74. The first-order valence-electron chi connectivity index (χ1n) is 16.8. The van der Waals surface area contributed by atoms with Crippen molar-refractivity contribution in [3.8, 4) is 11.5 Å². The number of halogens is 3. The first-order chi connectivity index (χ1) is 21.7. The van der Waals surface area contributed by atoms with Crippen LogP contribution in [-0.4, -0.2) is 42.9 Å². The molecule has 0 radical (unpaired) electrons. The summed E-state index contributed by atoms with van der Waals surface area (Å²) >= 11 is 0. The Morgan fingerprint density at radius 3 is 2.44 bits per heavy atom. The minimum absolute atomic E-state index is 0.0554. The number of hydrogen-bond donors (Lipinski definition) is 1. The summed E-state index contributed by atoms with van der Waals surface area (Å²) in [6.07, 6.45) is 9.34. The molecular formula is C38H47F3N2O2. The lowest BCUT2D eigenvalue weighted by Gasteiger charge is -2.40. The third-order valence-electron chi connectivity index (χ3n) is 10.0. The summed E-state index contributed by atoms with van der Waals surface area (Å²) in [5.41, 5.74) is 1.55. The third kappa shape index (κ3) is 7.86. The number of fused-ring (bicyclic) bond motifs is 1. The van der Waals surface area contributed by atoms with Crippen LogP contribution in [0.15, 0.2) is 60.7 Å². The Bertz CT molecular complexity index is 1410. The van der Waals surface area contributed by atoms with Crippen LogP contribution in [0.1, 0.15) is 93.5 Å². The summed E-state index contributed by atoms with van der Waals surface area (Å²) in [5.74, 6) is -0.386. The molecular weight excluding hydrogens is 573 g/mol. The van der Waals surface area contributed by atoms with E-state index in [1.54, 1.807) is 0 Å². The molecule has 7 heteroatoms. The highest BCUT2D eigenvalue weighted by atomic mass is 19.1. The van der Waals surface area contributed by atoms with E-state index in [-0.39, 0.29) is 24.0 Å². The Hall–Kier alpha value is -3.03. The topological polar surface area (TPSA) is 33.7 Å². The summed E-state index contributed by atoms with van der Waals surface area (Å²) in [5, 5.41) is 3.53. The molecule has 1 aliphatic carbocycles. The van der Waals surface area contributed by atoms with Crippen LogP contribution in [0, 0.1) is 17.0 Å². The highest BCUT2D eigenvalue weighted by Crippen LogP contribution is 2.44. The largest absolute Gasteiger partial charge is 0.490 e. The van der Waals surface area contributed by atoms with Crippen molar-refractivity contribution in [2.45, 2.75) is 96.1 Å². The first-order valence-corrected chi connectivity index (χ1v) is 16.8. The van der Waals surface area contributed by atoms with Crippen LogP contribution in [0.4, 0.5) is 13.2 Å². The van der Waals surface area contributed by atoms with Crippen molar-refractivity contribution < 1.29 is 22.6 Å². The fraction of sp³-hybridized carbons (Fsp3) is 0.526. The Morgan fingerprint density at radius 2 is 1.67 bits per heavy atom. The maximum absolute atomic E-state index is 16.1. The average molecular weight is 621 g/mol. The van der Waals surface area contributed by atoms with E-state index in [1.807, 2.05) is 53.4 Å². The Kier molecular flexibility index (Phi) is 9.76. The Balaban J connectivity index is 1.23. The molecule has 1 saturated heterocycles. The second kappa shape index (κ2) is 13.8. The van der Waals surface area contributed by atoms with Gasteiger partial charge in [-0.3, -0.25) is 4.90 Å². The predicted molar refractivity (Wildman–Crippen MR) is 173 cm³/mol. The quantitative estimate of drug-likeness (QED) is 0.273. The molecule has 1 spiro atoms. The van der Waals surface area contributed by atoms with Gasteiger partial charge in [0.2, 0.25) is 0 Å². The van der Waals surface area contributed by atoms with Gasteiger partial charge in [0.1, 0.15) is 35.4 Å². The summed E-state index contributed by atoms with van der Waals surface area (Å²) in [6, 6.07) is 17.5. The zero-order valence-corrected chi connectivity index (χ0v) is 26.7. The van der Waals surface area contributed by atoms with E-state index in [9.17, 15) is 0 Å². The number of rotatable bonds is 8. The standard InChI is InChI=1S/C38H47F3N2O2/c1-37(2,41)26-43-21-14-28-22-30(44-25-27-8-4-3-5-9-27)11-12-32(28)36(43)35-33(39)23-31(24-34(35)40)45-29-10-6-15-38(17-13-29)16-7-19-42-20-18-38/h3-5,8-9,11-12,22-24,29,36,42H,6-7,10,13-21,25-26H2,1-2H3. The number of nitrogens with zero attached hydrogens (tertiary/aromatic N) is 1. The van der Waals surface area contributed by atoms with Crippen LogP contribution in [0.25, 0.3) is 0 Å². The molecule has 242 valence electrons. The van der Waals surface area contributed by atoms with Crippen LogP contribution in [0.5, 0.6) is 11.5 Å².